The van der Waals surface area contributed by atoms with Gasteiger partial charge in [0, 0.05) is 60.2 Å². The third-order valence-corrected chi connectivity index (χ3v) is 11.4. The van der Waals surface area contributed by atoms with E-state index in [0.717, 1.165) is 39.7 Å². The zero-order valence-corrected chi connectivity index (χ0v) is 25.3. The van der Waals surface area contributed by atoms with Crippen LogP contribution < -0.4 is 4.90 Å². The first-order valence-electron chi connectivity index (χ1n) is 12.8. The Balaban J connectivity index is 1.78. The minimum absolute atomic E-state index is 0.108. The number of hydrogen-bond acceptors (Lipinski definition) is 6. The SMILES string of the molecule is Cc1cc(CC(C)O[Si](C)(C)C(C)(C)C)ncc1-c1cc2cnc(N(C)C(=O)OC(C)(C)C)cc2cn1. The summed E-state index contributed by atoms with van der Waals surface area (Å²) in [6, 6.07) is 5.98. The number of aryl methyl sites for hydroxylation is 1. The Morgan fingerprint density at radius 2 is 1.59 bits per heavy atom. The van der Waals surface area contributed by atoms with Gasteiger partial charge in [-0.1, -0.05) is 20.8 Å². The van der Waals surface area contributed by atoms with Crippen molar-refractivity contribution in [2.24, 2.45) is 0 Å². The van der Waals surface area contributed by atoms with Crippen LogP contribution >= 0.6 is 0 Å². The maximum atomic E-state index is 12.4. The molecular formula is C29H42N4O3Si. The Labute approximate surface area is 222 Å². The van der Waals surface area contributed by atoms with Crippen molar-refractivity contribution >= 4 is 31.0 Å². The number of amides is 1. The normalized spacial score (nSPS) is 13.5. The van der Waals surface area contributed by atoms with E-state index >= 15 is 0 Å². The van der Waals surface area contributed by atoms with Gasteiger partial charge in [0.1, 0.15) is 11.4 Å². The number of anilines is 1. The summed E-state index contributed by atoms with van der Waals surface area (Å²) in [5.41, 5.74) is 3.38. The standard InChI is InChI=1S/C29H42N4O3Si/c1-19-12-23(13-20(2)36-37(10,11)29(6,7)8)30-18-24(19)25-14-21-17-32-26(15-22(21)16-31-25)33(9)27(34)35-28(3,4)5/h12,14-18,20H,13H2,1-11H3. The molecule has 3 heterocycles. The first-order chi connectivity index (χ1) is 17.0. The third-order valence-electron chi connectivity index (χ3n) is 6.84. The second-order valence-corrected chi connectivity index (χ2v) is 17.1. The van der Waals surface area contributed by atoms with E-state index in [1.54, 1.807) is 19.4 Å². The molecule has 0 saturated carbocycles. The number of hydrogen-bond donors (Lipinski definition) is 0. The van der Waals surface area contributed by atoms with E-state index in [-0.39, 0.29) is 11.1 Å². The summed E-state index contributed by atoms with van der Waals surface area (Å²) in [4.78, 5) is 27.7. The maximum Gasteiger partial charge on any atom is 0.415 e. The molecule has 0 N–H and O–H groups in total. The Morgan fingerprint density at radius 3 is 2.19 bits per heavy atom. The van der Waals surface area contributed by atoms with Gasteiger partial charge < -0.3 is 9.16 Å². The van der Waals surface area contributed by atoms with E-state index in [9.17, 15) is 4.79 Å². The molecule has 37 heavy (non-hydrogen) atoms. The summed E-state index contributed by atoms with van der Waals surface area (Å²) in [5.74, 6) is 0.507. The number of carbonyl (C=O) groups is 1. The lowest BCUT2D eigenvalue weighted by Crippen LogP contribution is -2.43. The highest BCUT2D eigenvalue weighted by Crippen LogP contribution is 2.37. The van der Waals surface area contributed by atoms with Gasteiger partial charge in [-0.2, -0.15) is 0 Å². The van der Waals surface area contributed by atoms with Gasteiger partial charge >= 0.3 is 6.09 Å². The second kappa shape index (κ2) is 10.5. The van der Waals surface area contributed by atoms with Gasteiger partial charge in [0.25, 0.3) is 0 Å². The molecule has 0 saturated heterocycles. The lowest BCUT2D eigenvalue weighted by Gasteiger charge is -2.38. The Hall–Kier alpha value is -2.84. The maximum absolute atomic E-state index is 12.4. The molecule has 7 nitrogen and oxygen atoms in total. The van der Waals surface area contributed by atoms with Crippen LogP contribution in [0.2, 0.25) is 18.1 Å². The largest absolute Gasteiger partial charge is 0.443 e. The molecule has 0 radical (unpaired) electrons. The van der Waals surface area contributed by atoms with Crippen molar-refractivity contribution in [1.29, 1.82) is 0 Å². The Bertz CT molecular complexity index is 1280. The van der Waals surface area contributed by atoms with Crippen molar-refractivity contribution in [1.82, 2.24) is 15.0 Å². The monoisotopic (exact) mass is 522 g/mol. The van der Waals surface area contributed by atoms with Crippen LogP contribution in [0, 0.1) is 6.92 Å². The third kappa shape index (κ3) is 7.14. The van der Waals surface area contributed by atoms with Gasteiger partial charge in [0.2, 0.25) is 0 Å². The zero-order valence-electron chi connectivity index (χ0n) is 24.3. The van der Waals surface area contributed by atoms with Crippen LogP contribution in [0.3, 0.4) is 0 Å². The fraction of sp³-hybridized carbons (Fsp3) is 0.517. The summed E-state index contributed by atoms with van der Waals surface area (Å²) in [6.45, 7) is 21.1. The van der Waals surface area contributed by atoms with Crippen molar-refractivity contribution in [3.05, 3.63) is 48.0 Å². The molecule has 0 fully saturated rings. The van der Waals surface area contributed by atoms with Crippen molar-refractivity contribution < 1.29 is 14.0 Å². The second-order valence-electron chi connectivity index (χ2n) is 12.4. The van der Waals surface area contributed by atoms with Gasteiger partial charge in [-0.3, -0.25) is 14.9 Å². The number of rotatable bonds is 6. The van der Waals surface area contributed by atoms with Crippen molar-refractivity contribution in [3.63, 3.8) is 0 Å². The lowest BCUT2D eigenvalue weighted by atomic mass is 10.0. The fourth-order valence-electron chi connectivity index (χ4n) is 3.79. The van der Waals surface area contributed by atoms with Gasteiger partial charge in [-0.05, 0) is 76.5 Å². The number of ether oxygens (including phenoxy) is 1. The molecule has 0 aromatic carbocycles. The van der Waals surface area contributed by atoms with Crippen LogP contribution in [0.25, 0.3) is 22.0 Å². The summed E-state index contributed by atoms with van der Waals surface area (Å²) < 4.78 is 12.0. The van der Waals surface area contributed by atoms with E-state index in [1.807, 2.05) is 39.1 Å². The summed E-state index contributed by atoms with van der Waals surface area (Å²) in [7, 11) is -0.174. The summed E-state index contributed by atoms with van der Waals surface area (Å²) >= 11 is 0. The minimum Gasteiger partial charge on any atom is -0.443 e. The van der Waals surface area contributed by atoms with Crippen LogP contribution in [-0.2, 0) is 15.6 Å². The molecule has 0 bridgehead atoms. The molecule has 1 amide bonds. The smallest absolute Gasteiger partial charge is 0.415 e. The highest BCUT2D eigenvalue weighted by molar-refractivity contribution is 6.74. The summed E-state index contributed by atoms with van der Waals surface area (Å²) in [6.07, 6.45) is 5.90. The Morgan fingerprint density at radius 1 is 0.973 bits per heavy atom. The minimum atomic E-state index is -1.83. The fourth-order valence-corrected chi connectivity index (χ4v) is 5.23. The predicted octanol–water partition coefficient (Wildman–Crippen LogP) is 7.32. The van der Waals surface area contributed by atoms with E-state index < -0.39 is 20.0 Å². The number of carbonyl (C=O) groups excluding carboxylic acids is 1. The highest BCUT2D eigenvalue weighted by atomic mass is 28.4. The first kappa shape index (κ1) is 28.7. The van der Waals surface area contributed by atoms with Crippen molar-refractivity contribution in [2.45, 2.75) is 91.6 Å². The van der Waals surface area contributed by atoms with Crippen LogP contribution in [0.1, 0.15) is 59.7 Å². The molecule has 3 aromatic rings. The number of pyridine rings is 3. The molecule has 1 atom stereocenters. The zero-order chi connectivity index (χ0) is 27.8. The van der Waals surface area contributed by atoms with E-state index in [2.05, 4.69) is 63.7 Å². The molecule has 3 rings (SSSR count). The molecule has 0 aliphatic carbocycles. The molecule has 0 aliphatic rings. The highest BCUT2D eigenvalue weighted by Gasteiger charge is 2.38. The molecule has 3 aromatic heterocycles. The van der Waals surface area contributed by atoms with Crippen LogP contribution in [0.5, 0.6) is 0 Å². The number of aromatic nitrogens is 3. The van der Waals surface area contributed by atoms with Crippen molar-refractivity contribution in [3.8, 4) is 11.3 Å². The van der Waals surface area contributed by atoms with Crippen LogP contribution in [0.4, 0.5) is 10.6 Å². The van der Waals surface area contributed by atoms with E-state index in [4.69, 9.17) is 14.1 Å². The topological polar surface area (TPSA) is 77.4 Å². The van der Waals surface area contributed by atoms with Gasteiger partial charge in [-0.15, -0.1) is 0 Å². The Kier molecular flexibility index (Phi) is 8.15. The molecule has 0 spiro atoms. The van der Waals surface area contributed by atoms with Gasteiger partial charge in [0.15, 0.2) is 8.32 Å². The van der Waals surface area contributed by atoms with E-state index in [0.29, 0.717) is 5.82 Å². The average Bonchev–Trinajstić information content (AvgIpc) is 2.75. The quantitative estimate of drug-likeness (QED) is 0.316. The average molecular weight is 523 g/mol. The van der Waals surface area contributed by atoms with Gasteiger partial charge in [-0.25, -0.2) is 9.78 Å². The van der Waals surface area contributed by atoms with E-state index in [1.165, 1.54) is 4.90 Å². The molecule has 1 unspecified atom stereocenters. The lowest BCUT2D eigenvalue weighted by molar-refractivity contribution is 0.0588. The molecular weight excluding hydrogens is 480 g/mol. The molecule has 8 heteroatoms. The summed E-state index contributed by atoms with van der Waals surface area (Å²) in [5, 5.41) is 2.01. The molecule has 0 aliphatic heterocycles. The van der Waals surface area contributed by atoms with Crippen LogP contribution in [0.15, 0.2) is 36.8 Å². The van der Waals surface area contributed by atoms with Gasteiger partial charge in [0.05, 0.1) is 5.69 Å². The number of fused-ring (bicyclic) bond motifs is 1. The van der Waals surface area contributed by atoms with Crippen LogP contribution in [-0.4, -0.2) is 48.1 Å². The number of nitrogens with zero attached hydrogens (tertiary/aromatic N) is 4. The first-order valence-corrected chi connectivity index (χ1v) is 15.7. The predicted molar refractivity (Wildman–Crippen MR) is 154 cm³/mol. The molecule has 200 valence electrons. The van der Waals surface area contributed by atoms with Crippen molar-refractivity contribution in [2.75, 3.05) is 11.9 Å².